The zero-order chi connectivity index (χ0) is 12.8. The van der Waals surface area contributed by atoms with Gasteiger partial charge in [0, 0.05) is 19.5 Å². The Morgan fingerprint density at radius 3 is 2.31 bits per heavy atom. The highest BCUT2D eigenvalue weighted by Crippen LogP contribution is 2.22. The molecular formula is C10H19F3N2O. The van der Waals surface area contributed by atoms with Gasteiger partial charge in [-0.05, 0) is 26.7 Å². The van der Waals surface area contributed by atoms with E-state index in [0.717, 1.165) is 0 Å². The van der Waals surface area contributed by atoms with Crippen LogP contribution < -0.4 is 10.6 Å². The maximum Gasteiger partial charge on any atom is 0.389 e. The summed E-state index contributed by atoms with van der Waals surface area (Å²) >= 11 is 0. The Kier molecular flexibility index (Phi) is 6.40. The van der Waals surface area contributed by atoms with Crippen LogP contribution in [0.5, 0.6) is 0 Å². The maximum absolute atomic E-state index is 11.9. The van der Waals surface area contributed by atoms with Crippen molar-refractivity contribution in [2.24, 2.45) is 0 Å². The smallest absolute Gasteiger partial charge is 0.358 e. The first kappa shape index (κ1) is 15.2. The molecule has 96 valence electrons. The van der Waals surface area contributed by atoms with Crippen molar-refractivity contribution in [3.63, 3.8) is 0 Å². The van der Waals surface area contributed by atoms with E-state index in [2.05, 4.69) is 10.6 Å². The second-order valence-corrected chi connectivity index (χ2v) is 3.91. The van der Waals surface area contributed by atoms with E-state index in [4.69, 9.17) is 0 Å². The van der Waals surface area contributed by atoms with Crippen LogP contribution in [0.25, 0.3) is 0 Å². The number of likely N-dealkylation sites (N-methyl/N-ethyl adjacent to an activating group) is 1. The molecule has 0 aliphatic rings. The van der Waals surface area contributed by atoms with Crippen LogP contribution in [0.1, 0.15) is 33.1 Å². The first-order chi connectivity index (χ1) is 7.26. The molecule has 0 saturated heterocycles. The van der Waals surface area contributed by atoms with E-state index >= 15 is 0 Å². The normalized spacial score (nSPS) is 15.6. The number of carbonyl (C=O) groups excluding carboxylic acids is 1. The molecule has 3 nitrogen and oxygen atoms in total. The largest absolute Gasteiger partial charge is 0.389 e. The highest BCUT2D eigenvalue weighted by molar-refractivity contribution is 5.80. The summed E-state index contributed by atoms with van der Waals surface area (Å²) < 4.78 is 35.6. The molecule has 0 aliphatic heterocycles. The summed E-state index contributed by atoms with van der Waals surface area (Å²) in [6, 6.07) is -0.486. The molecule has 2 N–H and O–H groups in total. The third kappa shape index (κ3) is 7.50. The van der Waals surface area contributed by atoms with Crippen molar-refractivity contribution >= 4 is 5.91 Å². The highest BCUT2D eigenvalue weighted by Gasteiger charge is 2.26. The Labute approximate surface area is 93.8 Å². The summed E-state index contributed by atoms with van der Waals surface area (Å²) in [6.45, 7) is 3.45. The van der Waals surface area contributed by atoms with Gasteiger partial charge in [0.15, 0.2) is 0 Å². The van der Waals surface area contributed by atoms with Gasteiger partial charge in [-0.3, -0.25) is 4.79 Å². The van der Waals surface area contributed by atoms with E-state index in [1.165, 1.54) is 7.05 Å². The van der Waals surface area contributed by atoms with Crippen LogP contribution in [0.4, 0.5) is 13.2 Å². The Morgan fingerprint density at radius 1 is 1.31 bits per heavy atom. The van der Waals surface area contributed by atoms with Crippen molar-refractivity contribution in [1.29, 1.82) is 0 Å². The van der Waals surface area contributed by atoms with Crippen LogP contribution in [0.15, 0.2) is 0 Å². The molecule has 2 atom stereocenters. The molecule has 0 aliphatic carbocycles. The number of rotatable bonds is 6. The maximum atomic E-state index is 11.9. The van der Waals surface area contributed by atoms with E-state index < -0.39 is 12.6 Å². The third-order valence-electron chi connectivity index (χ3n) is 2.27. The topological polar surface area (TPSA) is 41.1 Å². The molecule has 6 heteroatoms. The molecule has 0 aromatic carbocycles. The molecule has 0 rings (SSSR count). The summed E-state index contributed by atoms with van der Waals surface area (Å²) in [6.07, 6.45) is -4.38. The minimum atomic E-state index is -4.09. The van der Waals surface area contributed by atoms with Crippen LogP contribution in [0.2, 0.25) is 0 Å². The first-order valence-corrected chi connectivity index (χ1v) is 5.30. The van der Waals surface area contributed by atoms with Gasteiger partial charge in [0.2, 0.25) is 5.91 Å². The van der Waals surface area contributed by atoms with Crippen LogP contribution in [0.3, 0.4) is 0 Å². The quantitative estimate of drug-likeness (QED) is 0.743. The van der Waals surface area contributed by atoms with Gasteiger partial charge in [0.25, 0.3) is 0 Å². The molecule has 16 heavy (non-hydrogen) atoms. The molecule has 0 fully saturated rings. The van der Waals surface area contributed by atoms with Crippen LogP contribution >= 0.6 is 0 Å². The number of alkyl halides is 3. The summed E-state index contributed by atoms with van der Waals surface area (Å²) in [5.41, 5.74) is 0. The summed E-state index contributed by atoms with van der Waals surface area (Å²) in [4.78, 5) is 11.1. The average Bonchev–Trinajstić information content (AvgIpc) is 2.14. The van der Waals surface area contributed by atoms with Crippen LogP contribution in [-0.2, 0) is 4.79 Å². The van der Waals surface area contributed by atoms with Gasteiger partial charge in [-0.15, -0.1) is 0 Å². The SMILES string of the molecule is CNC(=O)C(C)NC(C)CCCC(F)(F)F. The van der Waals surface area contributed by atoms with Gasteiger partial charge >= 0.3 is 6.18 Å². The lowest BCUT2D eigenvalue weighted by Crippen LogP contribution is -2.44. The number of nitrogens with one attached hydrogen (secondary N) is 2. The number of hydrogen-bond acceptors (Lipinski definition) is 2. The highest BCUT2D eigenvalue weighted by atomic mass is 19.4. The predicted octanol–water partition coefficient (Wildman–Crippen LogP) is 1.83. The minimum Gasteiger partial charge on any atom is -0.358 e. The van der Waals surface area contributed by atoms with Gasteiger partial charge < -0.3 is 10.6 Å². The second-order valence-electron chi connectivity index (χ2n) is 3.91. The third-order valence-corrected chi connectivity index (χ3v) is 2.27. The number of amides is 1. The van der Waals surface area contributed by atoms with Crippen LogP contribution in [-0.4, -0.2) is 31.2 Å². The molecule has 0 spiro atoms. The summed E-state index contributed by atoms with van der Waals surface area (Å²) in [7, 11) is 1.52. The summed E-state index contributed by atoms with van der Waals surface area (Å²) in [5.74, 6) is -0.164. The fraction of sp³-hybridized carbons (Fsp3) is 0.900. The van der Waals surface area contributed by atoms with Crippen molar-refractivity contribution in [2.45, 2.75) is 51.4 Å². The number of hydrogen-bond donors (Lipinski definition) is 2. The number of carbonyl (C=O) groups is 1. The standard InChI is InChI=1S/C10H19F3N2O/c1-7(5-4-6-10(11,12)13)15-8(2)9(16)14-3/h7-8,15H,4-6H2,1-3H3,(H,14,16). The van der Waals surface area contributed by atoms with Gasteiger partial charge in [-0.1, -0.05) is 0 Å². The van der Waals surface area contributed by atoms with Crippen LogP contribution in [0, 0.1) is 0 Å². The van der Waals surface area contributed by atoms with Crippen molar-refractivity contribution in [3.05, 3.63) is 0 Å². The van der Waals surface area contributed by atoms with Gasteiger partial charge in [-0.2, -0.15) is 13.2 Å². The molecule has 0 heterocycles. The monoisotopic (exact) mass is 240 g/mol. The molecule has 0 bridgehead atoms. The van der Waals surface area contributed by atoms with Crippen molar-refractivity contribution < 1.29 is 18.0 Å². The summed E-state index contributed by atoms with van der Waals surface area (Å²) in [5, 5.41) is 5.41. The van der Waals surface area contributed by atoms with Crippen molar-refractivity contribution in [3.8, 4) is 0 Å². The van der Waals surface area contributed by atoms with Gasteiger partial charge in [-0.25, -0.2) is 0 Å². The average molecular weight is 240 g/mol. The Morgan fingerprint density at radius 2 is 1.88 bits per heavy atom. The van der Waals surface area contributed by atoms with Gasteiger partial charge in [0.1, 0.15) is 0 Å². The van der Waals surface area contributed by atoms with E-state index in [9.17, 15) is 18.0 Å². The second kappa shape index (κ2) is 6.73. The Balaban J connectivity index is 3.74. The lowest BCUT2D eigenvalue weighted by Gasteiger charge is -2.19. The van der Waals surface area contributed by atoms with E-state index in [-0.39, 0.29) is 24.4 Å². The van der Waals surface area contributed by atoms with E-state index in [1.807, 2.05) is 0 Å². The molecular weight excluding hydrogens is 221 g/mol. The molecule has 2 unspecified atom stereocenters. The van der Waals surface area contributed by atoms with Crippen molar-refractivity contribution in [2.75, 3.05) is 7.05 Å². The lowest BCUT2D eigenvalue weighted by atomic mass is 10.1. The van der Waals surface area contributed by atoms with Gasteiger partial charge in [0.05, 0.1) is 6.04 Å². The Hall–Kier alpha value is -0.780. The molecule has 0 saturated carbocycles. The molecule has 0 radical (unpaired) electrons. The molecule has 0 aromatic rings. The molecule has 1 amide bonds. The predicted molar refractivity (Wildman–Crippen MR) is 56.0 cm³/mol. The fourth-order valence-electron chi connectivity index (χ4n) is 1.41. The molecule has 0 aromatic heterocycles. The zero-order valence-electron chi connectivity index (χ0n) is 9.82. The van der Waals surface area contributed by atoms with E-state index in [0.29, 0.717) is 6.42 Å². The zero-order valence-corrected chi connectivity index (χ0v) is 9.82. The lowest BCUT2D eigenvalue weighted by molar-refractivity contribution is -0.136. The first-order valence-electron chi connectivity index (χ1n) is 5.30. The fourth-order valence-corrected chi connectivity index (χ4v) is 1.41. The minimum absolute atomic E-state index is 0.0815. The number of halogens is 3. The van der Waals surface area contributed by atoms with Crippen molar-refractivity contribution in [1.82, 2.24) is 10.6 Å². The Bertz CT molecular complexity index is 219. The van der Waals surface area contributed by atoms with E-state index in [1.54, 1.807) is 13.8 Å².